The van der Waals surface area contributed by atoms with Crippen LogP contribution < -0.4 is 5.73 Å². The first-order valence-electron chi connectivity index (χ1n) is 6.70. The minimum Gasteiger partial charge on any atom is -0.369 e. The molecule has 2 aliphatic carbocycles. The second-order valence-electron chi connectivity index (χ2n) is 5.95. The number of aromatic nitrogens is 2. The van der Waals surface area contributed by atoms with Gasteiger partial charge in [-0.2, -0.15) is 0 Å². The van der Waals surface area contributed by atoms with Crippen molar-refractivity contribution in [3.05, 3.63) is 22.4 Å². The molecular weight excluding hydrogens is 309 g/mol. The highest BCUT2D eigenvalue weighted by molar-refractivity contribution is 9.10. The van der Waals surface area contributed by atoms with E-state index >= 15 is 0 Å². The first-order chi connectivity index (χ1) is 9.09. The molecular formula is C14H15BrFN3. The predicted octanol–water partition coefficient (Wildman–Crippen LogP) is 3.71. The van der Waals surface area contributed by atoms with Crippen molar-refractivity contribution >= 4 is 32.9 Å². The fourth-order valence-electron chi connectivity index (χ4n) is 3.17. The van der Waals surface area contributed by atoms with Gasteiger partial charge in [-0.05, 0) is 59.0 Å². The highest BCUT2D eigenvalue weighted by Crippen LogP contribution is 2.62. The van der Waals surface area contributed by atoms with E-state index in [0.29, 0.717) is 21.4 Å². The van der Waals surface area contributed by atoms with Gasteiger partial charge in [0.25, 0.3) is 0 Å². The third kappa shape index (κ3) is 1.78. The van der Waals surface area contributed by atoms with Crippen molar-refractivity contribution in [2.45, 2.75) is 32.2 Å². The van der Waals surface area contributed by atoms with Crippen LogP contribution in [-0.4, -0.2) is 9.55 Å². The molecule has 0 unspecified atom stereocenters. The Morgan fingerprint density at radius 1 is 1.42 bits per heavy atom. The van der Waals surface area contributed by atoms with Gasteiger partial charge in [0, 0.05) is 12.6 Å². The van der Waals surface area contributed by atoms with E-state index < -0.39 is 0 Å². The van der Waals surface area contributed by atoms with Crippen LogP contribution in [0.5, 0.6) is 0 Å². The number of benzene rings is 1. The Hall–Kier alpha value is -1.10. The number of nitrogens with zero attached hydrogens (tertiary/aromatic N) is 2. The van der Waals surface area contributed by atoms with Gasteiger partial charge in [-0.3, -0.25) is 0 Å². The second kappa shape index (κ2) is 3.72. The summed E-state index contributed by atoms with van der Waals surface area (Å²) in [4.78, 5) is 4.29. The van der Waals surface area contributed by atoms with Crippen molar-refractivity contribution in [3.63, 3.8) is 0 Å². The van der Waals surface area contributed by atoms with Crippen LogP contribution in [0.3, 0.4) is 0 Å². The normalized spacial score (nSPS) is 20.9. The van der Waals surface area contributed by atoms with E-state index in [9.17, 15) is 4.39 Å². The van der Waals surface area contributed by atoms with Gasteiger partial charge in [0.2, 0.25) is 5.95 Å². The van der Waals surface area contributed by atoms with Crippen molar-refractivity contribution in [2.24, 2.45) is 11.3 Å². The van der Waals surface area contributed by atoms with Crippen LogP contribution >= 0.6 is 15.9 Å². The molecule has 0 aliphatic heterocycles. The van der Waals surface area contributed by atoms with Crippen LogP contribution in [0.1, 0.15) is 25.7 Å². The van der Waals surface area contributed by atoms with Gasteiger partial charge in [0.15, 0.2) is 0 Å². The van der Waals surface area contributed by atoms with E-state index in [1.54, 1.807) is 6.07 Å². The zero-order valence-corrected chi connectivity index (χ0v) is 12.1. The maximum Gasteiger partial charge on any atom is 0.201 e. The van der Waals surface area contributed by atoms with Crippen molar-refractivity contribution in [1.82, 2.24) is 9.55 Å². The summed E-state index contributed by atoms with van der Waals surface area (Å²) in [7, 11) is 0. The average Bonchev–Trinajstić information content (AvgIpc) is 3.24. The second-order valence-corrected chi connectivity index (χ2v) is 6.80. The number of nitrogens with two attached hydrogens (primary N) is 1. The van der Waals surface area contributed by atoms with E-state index in [0.717, 1.165) is 18.0 Å². The molecule has 1 aromatic heterocycles. The number of rotatable bonds is 3. The molecule has 1 aromatic carbocycles. The van der Waals surface area contributed by atoms with Crippen molar-refractivity contribution in [1.29, 1.82) is 0 Å². The van der Waals surface area contributed by atoms with Crippen molar-refractivity contribution in [2.75, 3.05) is 5.73 Å². The van der Waals surface area contributed by atoms with Gasteiger partial charge < -0.3 is 10.3 Å². The molecule has 1 heterocycles. The number of fused-ring (bicyclic) bond motifs is 1. The largest absolute Gasteiger partial charge is 0.369 e. The van der Waals surface area contributed by atoms with Crippen LogP contribution in [0, 0.1) is 17.2 Å². The molecule has 0 spiro atoms. The summed E-state index contributed by atoms with van der Waals surface area (Å²) in [6.07, 6.45) is 5.29. The first-order valence-corrected chi connectivity index (χ1v) is 7.49. The minimum absolute atomic E-state index is 0.291. The predicted molar refractivity (Wildman–Crippen MR) is 76.2 cm³/mol. The van der Waals surface area contributed by atoms with Gasteiger partial charge in [0.05, 0.1) is 15.5 Å². The average molecular weight is 324 g/mol. The number of hydrogen-bond donors (Lipinski definition) is 1. The highest BCUT2D eigenvalue weighted by atomic mass is 79.9. The molecule has 2 N–H and O–H groups in total. The Labute approximate surface area is 119 Å². The lowest BCUT2D eigenvalue weighted by Gasteiger charge is -2.16. The zero-order chi connectivity index (χ0) is 13.2. The lowest BCUT2D eigenvalue weighted by molar-refractivity contribution is 0.377. The molecule has 0 atom stereocenters. The summed E-state index contributed by atoms with van der Waals surface area (Å²) < 4.78 is 16.1. The molecule has 19 heavy (non-hydrogen) atoms. The van der Waals surface area contributed by atoms with Crippen molar-refractivity contribution in [3.8, 4) is 0 Å². The highest BCUT2D eigenvalue weighted by Gasteiger charge is 2.54. The smallest absolute Gasteiger partial charge is 0.201 e. The van der Waals surface area contributed by atoms with Gasteiger partial charge in [0.1, 0.15) is 5.82 Å². The number of imidazole rings is 1. The summed E-state index contributed by atoms with van der Waals surface area (Å²) in [5, 5.41) is 0. The maximum absolute atomic E-state index is 13.5. The lowest BCUT2D eigenvalue weighted by atomic mass is 10.0. The topological polar surface area (TPSA) is 43.8 Å². The molecule has 2 aromatic rings. The van der Waals surface area contributed by atoms with E-state index in [-0.39, 0.29) is 5.82 Å². The fraction of sp³-hybridized carbons (Fsp3) is 0.500. The minimum atomic E-state index is -0.291. The van der Waals surface area contributed by atoms with Gasteiger partial charge >= 0.3 is 0 Å². The van der Waals surface area contributed by atoms with Crippen LogP contribution in [0.25, 0.3) is 11.0 Å². The monoisotopic (exact) mass is 323 g/mol. The Balaban J connectivity index is 1.80. The molecule has 2 fully saturated rings. The van der Waals surface area contributed by atoms with E-state index in [4.69, 9.17) is 5.73 Å². The van der Waals surface area contributed by atoms with Crippen LogP contribution in [-0.2, 0) is 6.54 Å². The van der Waals surface area contributed by atoms with E-state index in [1.165, 1.54) is 31.7 Å². The summed E-state index contributed by atoms with van der Waals surface area (Å²) in [5.74, 6) is 1.08. The number of nitrogen functional groups attached to an aromatic ring is 1. The molecule has 0 amide bonds. The molecule has 2 aliphatic rings. The Kier molecular flexibility index (Phi) is 2.29. The number of halogens is 2. The standard InChI is InChI=1S/C14H15BrFN3/c15-9-5-12-11(6-10(9)16)18-13(17)19(12)7-14(3-4-14)8-1-2-8/h5-6,8H,1-4,7H2,(H2,17,18). The molecule has 0 bridgehead atoms. The zero-order valence-electron chi connectivity index (χ0n) is 10.5. The summed E-state index contributed by atoms with van der Waals surface area (Å²) in [6.45, 7) is 0.929. The Bertz CT molecular complexity index is 671. The molecule has 3 nitrogen and oxygen atoms in total. The van der Waals surface area contributed by atoms with Crippen molar-refractivity contribution < 1.29 is 4.39 Å². The lowest BCUT2D eigenvalue weighted by Crippen LogP contribution is -2.15. The van der Waals surface area contributed by atoms with E-state index in [1.807, 2.05) is 0 Å². The SMILES string of the molecule is Nc1nc2cc(F)c(Br)cc2n1CC1(C2CC2)CC1. The quantitative estimate of drug-likeness (QED) is 0.935. The van der Waals surface area contributed by atoms with Gasteiger partial charge in [-0.1, -0.05) is 0 Å². The molecule has 2 saturated carbocycles. The van der Waals surface area contributed by atoms with Crippen LogP contribution in [0.15, 0.2) is 16.6 Å². The first kappa shape index (κ1) is 11.7. The third-order valence-electron chi connectivity index (χ3n) is 4.63. The van der Waals surface area contributed by atoms with Gasteiger partial charge in [-0.15, -0.1) is 0 Å². The summed E-state index contributed by atoms with van der Waals surface area (Å²) in [5.41, 5.74) is 8.04. The summed E-state index contributed by atoms with van der Waals surface area (Å²) >= 11 is 3.24. The molecule has 5 heteroatoms. The van der Waals surface area contributed by atoms with Gasteiger partial charge in [-0.25, -0.2) is 9.37 Å². The van der Waals surface area contributed by atoms with Crippen LogP contribution in [0.2, 0.25) is 0 Å². The number of anilines is 1. The molecule has 0 saturated heterocycles. The molecule has 100 valence electrons. The molecule has 4 rings (SSSR count). The maximum atomic E-state index is 13.5. The Morgan fingerprint density at radius 3 is 2.79 bits per heavy atom. The molecule has 0 radical (unpaired) electrons. The summed E-state index contributed by atoms with van der Waals surface area (Å²) in [6, 6.07) is 3.24. The van der Waals surface area contributed by atoms with E-state index in [2.05, 4.69) is 25.5 Å². The Morgan fingerprint density at radius 2 is 2.16 bits per heavy atom. The fourth-order valence-corrected chi connectivity index (χ4v) is 3.50. The third-order valence-corrected chi connectivity index (χ3v) is 5.24. The number of hydrogen-bond acceptors (Lipinski definition) is 2. The van der Waals surface area contributed by atoms with Crippen LogP contribution in [0.4, 0.5) is 10.3 Å².